The lowest BCUT2D eigenvalue weighted by molar-refractivity contribution is -0.132. The van der Waals surface area contributed by atoms with Gasteiger partial charge in [0.2, 0.25) is 15.9 Å². The molecular weight excluding hydrogens is 388 g/mol. The molecule has 0 aromatic heterocycles. The highest BCUT2D eigenvalue weighted by Gasteiger charge is 2.40. The van der Waals surface area contributed by atoms with Crippen molar-refractivity contribution < 1.29 is 18.0 Å². The number of nitrogens with zero attached hydrogens (tertiary/aromatic N) is 1. The molecule has 0 saturated carbocycles. The molecule has 7 heteroatoms. The summed E-state index contributed by atoms with van der Waals surface area (Å²) in [6, 6.07) is 15.7. The van der Waals surface area contributed by atoms with Crippen molar-refractivity contribution in [1.29, 1.82) is 0 Å². The Bertz CT molecular complexity index is 977. The zero-order chi connectivity index (χ0) is 21.1. The number of hydrogen-bond donors (Lipinski definition) is 1. The van der Waals surface area contributed by atoms with Crippen molar-refractivity contribution in [1.82, 2.24) is 9.62 Å². The summed E-state index contributed by atoms with van der Waals surface area (Å²) in [4.78, 5) is 24.3. The van der Waals surface area contributed by atoms with E-state index in [0.717, 1.165) is 5.56 Å². The van der Waals surface area contributed by atoms with E-state index in [0.29, 0.717) is 24.9 Å². The van der Waals surface area contributed by atoms with Crippen LogP contribution in [0, 0.1) is 5.41 Å². The fraction of sp³-hybridized carbons (Fsp3) is 0.364. The van der Waals surface area contributed by atoms with E-state index in [1.54, 1.807) is 0 Å². The highest BCUT2D eigenvalue weighted by atomic mass is 32.2. The van der Waals surface area contributed by atoms with Crippen LogP contribution in [0.3, 0.4) is 0 Å². The second-order valence-corrected chi connectivity index (χ2v) is 9.65. The Hall–Kier alpha value is -2.51. The first-order valence-electron chi connectivity index (χ1n) is 9.66. The summed E-state index contributed by atoms with van der Waals surface area (Å²) in [6.45, 7) is 4.36. The van der Waals surface area contributed by atoms with E-state index in [1.165, 1.54) is 35.5 Å². The smallest absolute Gasteiger partial charge is 0.243 e. The molecule has 1 aliphatic heterocycles. The molecule has 1 N–H and O–H groups in total. The van der Waals surface area contributed by atoms with Crippen molar-refractivity contribution in [2.45, 2.75) is 38.1 Å². The predicted molar refractivity (Wildman–Crippen MR) is 111 cm³/mol. The summed E-state index contributed by atoms with van der Waals surface area (Å²) in [6.07, 6.45) is 0.913. The van der Waals surface area contributed by atoms with Crippen molar-refractivity contribution in [3.8, 4) is 0 Å². The highest BCUT2D eigenvalue weighted by molar-refractivity contribution is 7.89. The molecule has 0 spiro atoms. The minimum absolute atomic E-state index is 0.0517. The first kappa shape index (κ1) is 21.2. The molecule has 0 atom stereocenters. The molecule has 2 aromatic rings. The van der Waals surface area contributed by atoms with Gasteiger partial charge in [0.05, 0.1) is 4.90 Å². The summed E-state index contributed by atoms with van der Waals surface area (Å²) >= 11 is 0. The van der Waals surface area contributed by atoms with Crippen LogP contribution in [0.1, 0.15) is 42.6 Å². The van der Waals surface area contributed by atoms with E-state index in [1.807, 2.05) is 37.3 Å². The van der Waals surface area contributed by atoms with E-state index in [9.17, 15) is 18.0 Å². The van der Waals surface area contributed by atoms with E-state index in [4.69, 9.17) is 0 Å². The van der Waals surface area contributed by atoms with Gasteiger partial charge in [-0.05, 0) is 37.5 Å². The Morgan fingerprint density at radius 1 is 1.00 bits per heavy atom. The normalized spacial score (nSPS) is 16.9. The van der Waals surface area contributed by atoms with Crippen LogP contribution in [0.5, 0.6) is 0 Å². The van der Waals surface area contributed by atoms with Crippen LogP contribution in [0.15, 0.2) is 59.5 Å². The average Bonchev–Trinajstić information content (AvgIpc) is 2.73. The lowest BCUT2D eigenvalue weighted by Gasteiger charge is -2.37. The molecule has 0 aliphatic carbocycles. The first-order valence-corrected chi connectivity index (χ1v) is 11.1. The van der Waals surface area contributed by atoms with Gasteiger partial charge in [-0.3, -0.25) is 9.59 Å². The van der Waals surface area contributed by atoms with Crippen LogP contribution in [-0.2, 0) is 21.4 Å². The Balaban J connectivity index is 1.62. The fourth-order valence-electron chi connectivity index (χ4n) is 3.45. The number of ketones is 1. The van der Waals surface area contributed by atoms with Gasteiger partial charge in [0.25, 0.3) is 0 Å². The topological polar surface area (TPSA) is 83.6 Å². The van der Waals surface area contributed by atoms with Gasteiger partial charge in [-0.2, -0.15) is 4.31 Å². The maximum Gasteiger partial charge on any atom is 0.243 e. The van der Waals surface area contributed by atoms with Crippen molar-refractivity contribution in [2.24, 2.45) is 5.41 Å². The number of carbonyl (C=O) groups is 2. The van der Waals surface area contributed by atoms with Gasteiger partial charge >= 0.3 is 0 Å². The Kier molecular flexibility index (Phi) is 6.19. The minimum Gasteiger partial charge on any atom is -0.352 e. The number of rotatable bonds is 6. The Morgan fingerprint density at radius 2 is 1.59 bits per heavy atom. The molecular formula is C22H26N2O4S. The second kappa shape index (κ2) is 8.47. The Labute approximate surface area is 172 Å². The number of amides is 1. The molecule has 3 rings (SSSR count). The summed E-state index contributed by atoms with van der Waals surface area (Å²) in [5.74, 6) is -0.159. The minimum atomic E-state index is -3.65. The van der Waals surface area contributed by atoms with Crippen molar-refractivity contribution in [3.63, 3.8) is 0 Å². The quantitative estimate of drug-likeness (QED) is 0.737. The fourth-order valence-corrected chi connectivity index (χ4v) is 4.89. The lowest BCUT2D eigenvalue weighted by Crippen LogP contribution is -2.48. The zero-order valence-corrected chi connectivity index (χ0v) is 17.5. The number of benzene rings is 2. The van der Waals surface area contributed by atoms with Crippen LogP contribution in [0.25, 0.3) is 0 Å². The highest BCUT2D eigenvalue weighted by Crippen LogP contribution is 2.33. The zero-order valence-electron chi connectivity index (χ0n) is 16.7. The first-order chi connectivity index (χ1) is 13.7. The molecule has 0 bridgehead atoms. The molecule has 29 heavy (non-hydrogen) atoms. The van der Waals surface area contributed by atoms with E-state index in [2.05, 4.69) is 5.32 Å². The molecule has 1 fully saturated rings. The molecule has 1 amide bonds. The van der Waals surface area contributed by atoms with Crippen LogP contribution in [-0.4, -0.2) is 37.5 Å². The predicted octanol–water partition coefficient (Wildman–Crippen LogP) is 3.00. The molecule has 0 unspecified atom stereocenters. The molecule has 2 aromatic carbocycles. The maximum atomic E-state index is 12.9. The summed E-state index contributed by atoms with van der Waals surface area (Å²) < 4.78 is 27.2. The monoisotopic (exact) mass is 414 g/mol. The van der Waals surface area contributed by atoms with Gasteiger partial charge in [0.15, 0.2) is 5.78 Å². The van der Waals surface area contributed by atoms with Crippen LogP contribution in [0.2, 0.25) is 0 Å². The third-order valence-corrected chi connectivity index (χ3v) is 7.48. The SMILES string of the molecule is CC(=O)c1ccc(S(=O)(=O)N2CCC(C)(C(=O)NCc3ccccc3)CC2)cc1. The summed E-state index contributed by atoms with van der Waals surface area (Å²) in [5.41, 5.74) is 0.906. The number of piperidine rings is 1. The van der Waals surface area contributed by atoms with Crippen LogP contribution >= 0.6 is 0 Å². The van der Waals surface area contributed by atoms with E-state index in [-0.39, 0.29) is 29.7 Å². The molecule has 1 heterocycles. The van der Waals surface area contributed by atoms with Gasteiger partial charge in [-0.1, -0.05) is 49.4 Å². The molecule has 0 radical (unpaired) electrons. The molecule has 154 valence electrons. The lowest BCUT2D eigenvalue weighted by atomic mass is 9.80. The van der Waals surface area contributed by atoms with Gasteiger partial charge in [0, 0.05) is 30.6 Å². The number of carbonyl (C=O) groups excluding carboxylic acids is 2. The van der Waals surface area contributed by atoms with Gasteiger partial charge in [-0.25, -0.2) is 8.42 Å². The molecule has 1 saturated heterocycles. The standard InChI is InChI=1S/C22H26N2O4S/c1-17(25)19-8-10-20(11-9-19)29(27,28)24-14-12-22(2,13-15-24)21(26)23-16-18-6-4-3-5-7-18/h3-11H,12-16H2,1-2H3,(H,23,26). The van der Waals surface area contributed by atoms with Crippen LogP contribution < -0.4 is 5.32 Å². The maximum absolute atomic E-state index is 12.9. The van der Waals surface area contributed by atoms with Gasteiger partial charge < -0.3 is 5.32 Å². The third kappa shape index (κ3) is 4.74. The van der Waals surface area contributed by atoms with E-state index >= 15 is 0 Å². The summed E-state index contributed by atoms with van der Waals surface area (Å²) in [7, 11) is -3.65. The largest absolute Gasteiger partial charge is 0.352 e. The number of sulfonamides is 1. The van der Waals surface area contributed by atoms with Gasteiger partial charge in [-0.15, -0.1) is 0 Å². The van der Waals surface area contributed by atoms with Crippen molar-refractivity contribution >= 4 is 21.7 Å². The van der Waals surface area contributed by atoms with Crippen molar-refractivity contribution in [3.05, 3.63) is 65.7 Å². The number of Topliss-reactive ketones (excluding diaryl/α,β-unsaturated/α-hetero) is 1. The van der Waals surface area contributed by atoms with E-state index < -0.39 is 15.4 Å². The van der Waals surface area contributed by atoms with Crippen molar-refractivity contribution in [2.75, 3.05) is 13.1 Å². The number of hydrogen-bond acceptors (Lipinski definition) is 4. The molecule has 1 aliphatic rings. The van der Waals surface area contributed by atoms with Crippen LogP contribution in [0.4, 0.5) is 0 Å². The molecule has 6 nitrogen and oxygen atoms in total. The average molecular weight is 415 g/mol. The number of nitrogens with one attached hydrogen (secondary N) is 1. The van der Waals surface area contributed by atoms with Gasteiger partial charge in [0.1, 0.15) is 0 Å². The summed E-state index contributed by atoms with van der Waals surface area (Å²) in [5, 5.41) is 2.97. The Morgan fingerprint density at radius 3 is 2.14 bits per heavy atom. The third-order valence-electron chi connectivity index (χ3n) is 5.57. The second-order valence-electron chi connectivity index (χ2n) is 7.71.